The zero-order valence-electron chi connectivity index (χ0n) is 11.4. The standard InChI is InChI=1S/C16H18BrFN2/c1-2-20-16(8-12-4-3-5-15(18)7-12)9-13-6-14(17)11-19-10-13/h3-7,10-11,16,20H,2,8-9H2,1H3. The lowest BCUT2D eigenvalue weighted by atomic mass is 10.00. The van der Waals surface area contributed by atoms with Crippen molar-refractivity contribution in [2.75, 3.05) is 6.54 Å². The number of aromatic nitrogens is 1. The summed E-state index contributed by atoms with van der Waals surface area (Å²) in [5, 5.41) is 3.45. The van der Waals surface area contributed by atoms with E-state index in [9.17, 15) is 4.39 Å². The van der Waals surface area contributed by atoms with Crippen molar-refractivity contribution in [2.24, 2.45) is 0 Å². The minimum atomic E-state index is -0.179. The van der Waals surface area contributed by atoms with Crippen molar-refractivity contribution in [3.63, 3.8) is 0 Å². The smallest absolute Gasteiger partial charge is 0.123 e. The zero-order valence-corrected chi connectivity index (χ0v) is 13.0. The Kier molecular flexibility index (Phi) is 5.68. The molecule has 1 unspecified atom stereocenters. The van der Waals surface area contributed by atoms with Gasteiger partial charge in [0.1, 0.15) is 5.82 Å². The first-order valence-corrected chi connectivity index (χ1v) is 7.54. The van der Waals surface area contributed by atoms with Gasteiger partial charge in [0.25, 0.3) is 0 Å². The third kappa shape index (κ3) is 4.69. The first-order valence-electron chi connectivity index (χ1n) is 6.74. The molecule has 0 saturated heterocycles. The van der Waals surface area contributed by atoms with Gasteiger partial charge in [-0.1, -0.05) is 19.1 Å². The molecule has 2 aromatic rings. The largest absolute Gasteiger partial charge is 0.314 e. The van der Waals surface area contributed by atoms with Crippen LogP contribution >= 0.6 is 15.9 Å². The summed E-state index contributed by atoms with van der Waals surface area (Å²) in [5.74, 6) is -0.179. The second-order valence-corrected chi connectivity index (χ2v) is 5.72. The average molecular weight is 337 g/mol. The van der Waals surface area contributed by atoms with Crippen molar-refractivity contribution >= 4 is 15.9 Å². The molecule has 0 aliphatic rings. The van der Waals surface area contributed by atoms with E-state index in [4.69, 9.17) is 0 Å². The fourth-order valence-corrected chi connectivity index (χ4v) is 2.72. The maximum absolute atomic E-state index is 13.2. The van der Waals surface area contributed by atoms with Gasteiger partial charge in [0.15, 0.2) is 0 Å². The van der Waals surface area contributed by atoms with Crippen LogP contribution < -0.4 is 5.32 Å². The Morgan fingerprint density at radius 2 is 2.00 bits per heavy atom. The Morgan fingerprint density at radius 1 is 1.20 bits per heavy atom. The first-order chi connectivity index (χ1) is 9.67. The lowest BCUT2D eigenvalue weighted by molar-refractivity contribution is 0.519. The van der Waals surface area contributed by atoms with Crippen LogP contribution in [0.4, 0.5) is 4.39 Å². The van der Waals surface area contributed by atoms with E-state index in [1.165, 1.54) is 11.6 Å². The topological polar surface area (TPSA) is 24.9 Å². The Balaban J connectivity index is 2.07. The Labute approximate surface area is 127 Å². The summed E-state index contributed by atoms with van der Waals surface area (Å²) in [4.78, 5) is 4.18. The van der Waals surface area contributed by atoms with Gasteiger partial charge in [-0.2, -0.15) is 0 Å². The Hall–Kier alpha value is -1.26. The van der Waals surface area contributed by atoms with Gasteiger partial charge < -0.3 is 5.32 Å². The number of hydrogen-bond acceptors (Lipinski definition) is 2. The van der Waals surface area contributed by atoms with Crippen molar-refractivity contribution in [3.8, 4) is 0 Å². The number of nitrogens with one attached hydrogen (secondary N) is 1. The molecule has 1 heterocycles. The van der Waals surface area contributed by atoms with E-state index in [1.807, 2.05) is 12.3 Å². The number of hydrogen-bond donors (Lipinski definition) is 1. The van der Waals surface area contributed by atoms with Crippen molar-refractivity contribution in [2.45, 2.75) is 25.8 Å². The Bertz CT molecular complexity index is 512. The van der Waals surface area contributed by atoms with Crippen LogP contribution in [0.3, 0.4) is 0 Å². The fourth-order valence-electron chi connectivity index (χ4n) is 2.31. The molecule has 0 fully saturated rings. The number of nitrogens with zero attached hydrogens (tertiary/aromatic N) is 1. The van der Waals surface area contributed by atoms with Crippen LogP contribution in [0.5, 0.6) is 0 Å². The molecule has 1 N–H and O–H groups in total. The molecule has 0 spiro atoms. The van der Waals surface area contributed by atoms with E-state index in [0.717, 1.165) is 29.4 Å². The summed E-state index contributed by atoms with van der Waals surface area (Å²) in [6.07, 6.45) is 5.33. The first kappa shape index (κ1) is 15.1. The quantitative estimate of drug-likeness (QED) is 0.868. The van der Waals surface area contributed by atoms with Gasteiger partial charge in [0.2, 0.25) is 0 Å². The molecule has 0 amide bonds. The third-order valence-corrected chi connectivity index (χ3v) is 3.54. The van der Waals surface area contributed by atoms with Crippen LogP contribution in [0.15, 0.2) is 47.2 Å². The molecule has 1 aromatic carbocycles. The van der Waals surface area contributed by atoms with Crippen LogP contribution in [0.1, 0.15) is 18.1 Å². The van der Waals surface area contributed by atoms with Crippen LogP contribution in [0.2, 0.25) is 0 Å². The molecule has 1 atom stereocenters. The third-order valence-electron chi connectivity index (χ3n) is 3.11. The molecule has 4 heteroatoms. The van der Waals surface area contributed by atoms with Gasteiger partial charge in [-0.05, 0) is 64.6 Å². The summed E-state index contributed by atoms with van der Waals surface area (Å²) in [5.41, 5.74) is 2.18. The molecular weight excluding hydrogens is 319 g/mol. The van der Waals surface area contributed by atoms with E-state index in [2.05, 4.69) is 39.2 Å². The van der Waals surface area contributed by atoms with Crippen molar-refractivity contribution in [1.82, 2.24) is 10.3 Å². The predicted octanol–water partition coefficient (Wildman–Crippen LogP) is 3.75. The van der Waals surface area contributed by atoms with E-state index in [1.54, 1.807) is 18.3 Å². The predicted molar refractivity (Wildman–Crippen MR) is 83.2 cm³/mol. The van der Waals surface area contributed by atoms with E-state index < -0.39 is 0 Å². The monoisotopic (exact) mass is 336 g/mol. The molecular formula is C16H18BrFN2. The fraction of sp³-hybridized carbons (Fsp3) is 0.312. The Morgan fingerprint density at radius 3 is 2.70 bits per heavy atom. The average Bonchev–Trinajstić information content (AvgIpc) is 2.39. The van der Waals surface area contributed by atoms with Crippen molar-refractivity contribution in [3.05, 3.63) is 64.1 Å². The molecule has 20 heavy (non-hydrogen) atoms. The highest BCUT2D eigenvalue weighted by Gasteiger charge is 2.10. The molecule has 106 valence electrons. The van der Waals surface area contributed by atoms with Crippen LogP contribution in [-0.4, -0.2) is 17.6 Å². The van der Waals surface area contributed by atoms with E-state index >= 15 is 0 Å². The summed E-state index contributed by atoms with van der Waals surface area (Å²) in [6, 6.07) is 9.15. The van der Waals surface area contributed by atoms with E-state index in [0.29, 0.717) is 0 Å². The molecule has 0 saturated carbocycles. The molecule has 0 radical (unpaired) electrons. The molecule has 0 bridgehead atoms. The summed E-state index contributed by atoms with van der Waals surface area (Å²) >= 11 is 3.43. The maximum atomic E-state index is 13.2. The second-order valence-electron chi connectivity index (χ2n) is 4.80. The number of halogens is 2. The number of likely N-dealkylation sites (N-methyl/N-ethyl adjacent to an activating group) is 1. The van der Waals surface area contributed by atoms with Crippen molar-refractivity contribution < 1.29 is 4.39 Å². The van der Waals surface area contributed by atoms with Gasteiger partial charge in [-0.25, -0.2) is 4.39 Å². The van der Waals surface area contributed by atoms with Crippen LogP contribution in [0.25, 0.3) is 0 Å². The molecule has 2 nitrogen and oxygen atoms in total. The summed E-state index contributed by atoms with van der Waals surface area (Å²) < 4.78 is 14.2. The summed E-state index contributed by atoms with van der Waals surface area (Å²) in [7, 11) is 0. The highest BCUT2D eigenvalue weighted by Crippen LogP contribution is 2.14. The lowest BCUT2D eigenvalue weighted by Crippen LogP contribution is -2.33. The minimum absolute atomic E-state index is 0.179. The van der Waals surface area contributed by atoms with Gasteiger partial charge in [0, 0.05) is 22.9 Å². The minimum Gasteiger partial charge on any atom is -0.314 e. The van der Waals surface area contributed by atoms with Gasteiger partial charge in [-0.3, -0.25) is 4.98 Å². The van der Waals surface area contributed by atoms with Crippen molar-refractivity contribution in [1.29, 1.82) is 0 Å². The number of pyridine rings is 1. The summed E-state index contributed by atoms with van der Waals surface area (Å²) in [6.45, 7) is 2.97. The van der Waals surface area contributed by atoms with E-state index in [-0.39, 0.29) is 11.9 Å². The zero-order chi connectivity index (χ0) is 14.4. The highest BCUT2D eigenvalue weighted by atomic mass is 79.9. The second kappa shape index (κ2) is 7.50. The van der Waals surface area contributed by atoms with Gasteiger partial charge >= 0.3 is 0 Å². The lowest BCUT2D eigenvalue weighted by Gasteiger charge is -2.18. The van der Waals surface area contributed by atoms with Gasteiger partial charge in [0.05, 0.1) is 0 Å². The highest BCUT2D eigenvalue weighted by molar-refractivity contribution is 9.10. The van der Waals surface area contributed by atoms with Crippen LogP contribution in [0, 0.1) is 5.82 Å². The van der Waals surface area contributed by atoms with Crippen LogP contribution in [-0.2, 0) is 12.8 Å². The number of rotatable bonds is 6. The SMILES string of the molecule is CCNC(Cc1cccc(F)c1)Cc1cncc(Br)c1. The molecule has 1 aromatic heterocycles. The molecule has 2 rings (SSSR count). The normalized spacial score (nSPS) is 12.3. The molecule has 0 aliphatic carbocycles. The maximum Gasteiger partial charge on any atom is 0.123 e. The van der Waals surface area contributed by atoms with Gasteiger partial charge in [-0.15, -0.1) is 0 Å². The molecule has 0 aliphatic heterocycles. The number of benzene rings is 1.